The van der Waals surface area contributed by atoms with E-state index in [1.165, 1.54) is 20.2 Å². The molecule has 8 aromatic rings. The Kier molecular flexibility index (Phi) is 9.69. The van der Waals surface area contributed by atoms with Gasteiger partial charge < -0.3 is 10.0 Å². The van der Waals surface area contributed by atoms with E-state index in [-0.39, 0.29) is 5.78 Å². The molecule has 0 radical (unpaired) electrons. The molecule has 0 saturated carbocycles. The summed E-state index contributed by atoms with van der Waals surface area (Å²) < 4.78 is 4.43. The highest BCUT2D eigenvalue weighted by molar-refractivity contribution is 7.27. The van der Waals surface area contributed by atoms with E-state index >= 15 is 0 Å². The van der Waals surface area contributed by atoms with Crippen molar-refractivity contribution in [1.82, 2.24) is 0 Å². The van der Waals surface area contributed by atoms with Gasteiger partial charge in [0.2, 0.25) is 0 Å². The average Bonchev–Trinajstić information content (AvgIpc) is 3.68. The van der Waals surface area contributed by atoms with E-state index < -0.39 is 12.4 Å². The van der Waals surface area contributed by atoms with Crippen LogP contribution in [0.4, 0.5) is 0 Å². The fraction of sp³-hybridized carbons (Fsp3) is 0. The molecule has 0 aliphatic carbocycles. The van der Waals surface area contributed by atoms with Gasteiger partial charge in [0, 0.05) is 51.6 Å². The normalized spacial score (nSPS) is 10.7. The van der Waals surface area contributed by atoms with E-state index in [0.717, 1.165) is 31.3 Å². The molecule has 4 nitrogen and oxygen atoms in total. The summed E-state index contributed by atoms with van der Waals surface area (Å²) >= 11 is 8.45. The van der Waals surface area contributed by atoms with Gasteiger partial charge in [-0.05, 0) is 40.6 Å². The smallest absolute Gasteiger partial charge is 0.423 e. The van der Waals surface area contributed by atoms with Crippen molar-refractivity contribution in [3.8, 4) is 0 Å². The van der Waals surface area contributed by atoms with Crippen LogP contribution in [-0.4, -0.2) is 28.2 Å². The molecule has 0 aliphatic heterocycles. The molecular formula is C38H26BClO4S2. The van der Waals surface area contributed by atoms with Crippen molar-refractivity contribution in [3.63, 3.8) is 0 Å². The second-order valence-corrected chi connectivity index (χ2v) is 12.8. The van der Waals surface area contributed by atoms with Gasteiger partial charge in [-0.1, -0.05) is 127 Å². The SMILES string of the molecule is O=C(Cl)c1ccccc1.O=C(c1ccccc1)c1cccc2c1sc1ccccc12.OB(O)c1cccc2c1sc1ccccc12. The molecule has 0 spiro atoms. The zero-order chi connectivity index (χ0) is 32.0. The summed E-state index contributed by atoms with van der Waals surface area (Å²) in [6, 6.07) is 46.2. The van der Waals surface area contributed by atoms with Crippen LogP contribution in [-0.2, 0) is 0 Å². The number of benzene rings is 6. The van der Waals surface area contributed by atoms with Crippen LogP contribution >= 0.6 is 34.3 Å². The van der Waals surface area contributed by atoms with Gasteiger partial charge in [-0.25, -0.2) is 0 Å². The van der Waals surface area contributed by atoms with E-state index in [2.05, 4.69) is 24.3 Å². The van der Waals surface area contributed by atoms with Gasteiger partial charge in [0.1, 0.15) is 0 Å². The molecule has 8 rings (SSSR count). The summed E-state index contributed by atoms with van der Waals surface area (Å²) in [4.78, 5) is 23.2. The average molecular weight is 657 g/mol. The Morgan fingerprint density at radius 1 is 0.500 bits per heavy atom. The third-order valence-corrected chi connectivity index (χ3v) is 10.1. The highest BCUT2D eigenvalue weighted by atomic mass is 35.5. The predicted octanol–water partition coefficient (Wildman–Crippen LogP) is 9.09. The number of carbonyl (C=O) groups is 2. The van der Waals surface area contributed by atoms with Gasteiger partial charge in [-0.2, -0.15) is 0 Å². The van der Waals surface area contributed by atoms with Gasteiger partial charge >= 0.3 is 7.12 Å². The lowest BCUT2D eigenvalue weighted by molar-refractivity contribution is 0.103. The molecule has 0 bridgehead atoms. The lowest BCUT2D eigenvalue weighted by Gasteiger charge is -2.02. The summed E-state index contributed by atoms with van der Waals surface area (Å²) in [5.41, 5.74) is 2.65. The number of hydrogen-bond acceptors (Lipinski definition) is 6. The largest absolute Gasteiger partial charge is 0.489 e. The zero-order valence-electron chi connectivity index (χ0n) is 24.3. The quantitative estimate of drug-likeness (QED) is 0.113. The second kappa shape index (κ2) is 14.2. The van der Waals surface area contributed by atoms with E-state index in [1.807, 2.05) is 91.0 Å². The van der Waals surface area contributed by atoms with Crippen LogP contribution in [0.15, 0.2) is 146 Å². The number of hydrogen-bond donors (Lipinski definition) is 2. The fourth-order valence-electron chi connectivity index (χ4n) is 5.21. The first-order valence-corrected chi connectivity index (χ1v) is 16.4. The predicted molar refractivity (Wildman–Crippen MR) is 195 cm³/mol. The van der Waals surface area contributed by atoms with Gasteiger partial charge in [0.25, 0.3) is 5.24 Å². The van der Waals surface area contributed by atoms with Gasteiger partial charge in [-0.3, -0.25) is 9.59 Å². The molecule has 0 unspecified atom stereocenters. The van der Waals surface area contributed by atoms with Crippen LogP contribution in [0.3, 0.4) is 0 Å². The minimum absolute atomic E-state index is 0.0905. The van der Waals surface area contributed by atoms with Crippen molar-refractivity contribution < 1.29 is 19.6 Å². The Bertz CT molecular complexity index is 2300. The number of rotatable bonds is 4. The summed E-state index contributed by atoms with van der Waals surface area (Å²) in [6.07, 6.45) is 0. The molecule has 0 atom stereocenters. The van der Waals surface area contributed by atoms with Gasteiger partial charge in [0.05, 0.1) is 0 Å². The third-order valence-electron chi connectivity index (χ3n) is 7.40. The summed E-state index contributed by atoms with van der Waals surface area (Å²) in [5, 5.41) is 22.9. The third kappa shape index (κ3) is 6.65. The first-order valence-electron chi connectivity index (χ1n) is 14.4. The van der Waals surface area contributed by atoms with Crippen LogP contribution in [0.1, 0.15) is 26.3 Å². The van der Waals surface area contributed by atoms with Crippen molar-refractivity contribution in [2.75, 3.05) is 0 Å². The number of ketones is 1. The van der Waals surface area contributed by atoms with E-state index in [4.69, 9.17) is 11.6 Å². The highest BCUT2D eigenvalue weighted by Gasteiger charge is 2.17. The summed E-state index contributed by atoms with van der Waals surface area (Å²) in [5.74, 6) is 0.0905. The van der Waals surface area contributed by atoms with E-state index in [1.54, 1.807) is 53.0 Å². The lowest BCUT2D eigenvalue weighted by Crippen LogP contribution is -2.29. The Hall–Kier alpha value is -4.63. The second-order valence-electron chi connectivity index (χ2n) is 10.3. The number of carbonyl (C=O) groups excluding carboxylic acids is 2. The molecule has 2 N–H and O–H groups in total. The van der Waals surface area contributed by atoms with Gasteiger partial charge in [0.15, 0.2) is 5.78 Å². The van der Waals surface area contributed by atoms with Crippen molar-refractivity contribution in [2.45, 2.75) is 0 Å². The summed E-state index contributed by atoms with van der Waals surface area (Å²) in [7, 11) is -1.41. The van der Waals surface area contributed by atoms with Crippen molar-refractivity contribution in [2.24, 2.45) is 0 Å². The molecule has 0 amide bonds. The number of halogens is 1. The van der Waals surface area contributed by atoms with Crippen LogP contribution in [0, 0.1) is 0 Å². The maximum absolute atomic E-state index is 12.7. The van der Waals surface area contributed by atoms with Crippen molar-refractivity contribution >= 4 is 98.2 Å². The molecule has 0 aliphatic rings. The Morgan fingerprint density at radius 3 is 1.50 bits per heavy atom. The van der Waals surface area contributed by atoms with E-state index in [0.29, 0.717) is 11.0 Å². The summed E-state index contributed by atoms with van der Waals surface area (Å²) in [6.45, 7) is 0. The minimum atomic E-state index is -1.41. The zero-order valence-corrected chi connectivity index (χ0v) is 26.7. The fourth-order valence-corrected chi connectivity index (χ4v) is 7.79. The monoisotopic (exact) mass is 656 g/mol. The number of thiophene rings is 2. The lowest BCUT2D eigenvalue weighted by atomic mass is 9.80. The molecule has 6 aromatic carbocycles. The Morgan fingerprint density at radius 2 is 0.957 bits per heavy atom. The van der Waals surface area contributed by atoms with Crippen molar-refractivity contribution in [1.29, 1.82) is 0 Å². The molecule has 0 fully saturated rings. The molecule has 224 valence electrons. The standard InChI is InChI=1S/C19H12OS.C12H9BO2S.C7H5ClO/c20-18(13-7-2-1-3-8-13)16-11-6-10-15-14-9-4-5-12-17(14)21-19(15)16;14-13(15)10-6-3-5-9-8-4-1-2-7-11(8)16-12(9)10;8-7(9)6-4-2-1-3-5-6/h1-12H;1-7,14-15H;1-5H. The Labute approximate surface area is 278 Å². The molecular weight excluding hydrogens is 631 g/mol. The number of fused-ring (bicyclic) bond motifs is 6. The molecule has 8 heteroatoms. The first-order chi connectivity index (χ1) is 22.4. The van der Waals surface area contributed by atoms with E-state index in [9.17, 15) is 19.6 Å². The Balaban J connectivity index is 0.000000131. The molecule has 2 aromatic heterocycles. The highest BCUT2D eigenvalue weighted by Crippen LogP contribution is 2.36. The van der Waals surface area contributed by atoms with Crippen LogP contribution < -0.4 is 5.46 Å². The van der Waals surface area contributed by atoms with Gasteiger partial charge in [-0.15, -0.1) is 22.7 Å². The molecule has 2 heterocycles. The van der Waals surface area contributed by atoms with Crippen LogP contribution in [0.2, 0.25) is 0 Å². The van der Waals surface area contributed by atoms with Crippen LogP contribution in [0.5, 0.6) is 0 Å². The maximum Gasteiger partial charge on any atom is 0.489 e. The minimum Gasteiger partial charge on any atom is -0.423 e. The molecule has 46 heavy (non-hydrogen) atoms. The first kappa shape index (κ1) is 31.4. The molecule has 0 saturated heterocycles. The maximum atomic E-state index is 12.7. The van der Waals surface area contributed by atoms with Crippen molar-refractivity contribution in [3.05, 3.63) is 162 Å². The van der Waals surface area contributed by atoms with Crippen LogP contribution in [0.25, 0.3) is 40.3 Å². The topological polar surface area (TPSA) is 74.6 Å².